The van der Waals surface area contributed by atoms with E-state index in [0.29, 0.717) is 22.3 Å². The first-order valence-corrected chi connectivity index (χ1v) is 9.24. The van der Waals surface area contributed by atoms with Gasteiger partial charge in [0, 0.05) is 0 Å². The fourth-order valence-electron chi connectivity index (χ4n) is 2.35. The molecule has 1 aromatic carbocycles. The summed E-state index contributed by atoms with van der Waals surface area (Å²) in [7, 11) is -2.01. The number of sulfonamides is 1. The fraction of sp³-hybridized carbons (Fsp3) is 0.286. The van der Waals surface area contributed by atoms with Crippen molar-refractivity contribution >= 4 is 33.0 Å². The molecule has 2 aromatic rings. The lowest BCUT2D eigenvalue weighted by Crippen LogP contribution is -2.42. The van der Waals surface area contributed by atoms with Crippen LogP contribution in [-0.4, -0.2) is 28.2 Å². The summed E-state index contributed by atoms with van der Waals surface area (Å²) in [6.07, 6.45) is 0.546. The molecular weight excluding hydrogens is 346 g/mol. The first-order valence-electron chi connectivity index (χ1n) is 6.56. The first kappa shape index (κ1) is 15.6. The van der Waals surface area contributed by atoms with Gasteiger partial charge in [-0.1, -0.05) is 23.7 Å². The molecule has 1 aromatic heterocycles. The SMILES string of the molecule is COc1cccc2c1OCC(NS(=O)(=O)c1ccc(Cl)s1)C2. The summed E-state index contributed by atoms with van der Waals surface area (Å²) in [5, 5.41) is 0. The maximum absolute atomic E-state index is 12.3. The van der Waals surface area contributed by atoms with Gasteiger partial charge in [-0.3, -0.25) is 0 Å². The highest BCUT2D eigenvalue weighted by molar-refractivity contribution is 7.91. The number of ether oxygens (including phenoxy) is 2. The second-order valence-corrected chi connectivity index (χ2v) is 8.50. The van der Waals surface area contributed by atoms with Crippen LogP contribution in [0.15, 0.2) is 34.5 Å². The van der Waals surface area contributed by atoms with Crippen molar-refractivity contribution in [1.29, 1.82) is 0 Å². The summed E-state index contributed by atoms with van der Waals surface area (Å²) in [6, 6.07) is 8.31. The van der Waals surface area contributed by atoms with Crippen molar-refractivity contribution in [1.82, 2.24) is 4.72 Å². The standard InChI is InChI=1S/C14H14ClNO4S2/c1-19-11-4-2-3-9-7-10(8-20-14(9)11)16-22(17,18)13-6-5-12(15)21-13/h2-6,10,16H,7-8H2,1H3. The van der Waals surface area contributed by atoms with Gasteiger partial charge >= 0.3 is 0 Å². The van der Waals surface area contributed by atoms with Crippen molar-refractivity contribution in [2.45, 2.75) is 16.7 Å². The second-order valence-electron chi connectivity index (χ2n) is 4.84. The normalized spacial score (nSPS) is 17.6. The van der Waals surface area contributed by atoms with Gasteiger partial charge in [0.05, 0.1) is 17.5 Å². The Balaban J connectivity index is 1.78. The number of halogens is 1. The lowest BCUT2D eigenvalue weighted by molar-refractivity contribution is 0.240. The van der Waals surface area contributed by atoms with Gasteiger partial charge in [0.1, 0.15) is 10.8 Å². The summed E-state index contributed by atoms with van der Waals surface area (Å²) < 4.78 is 38.8. The van der Waals surface area contributed by atoms with Gasteiger partial charge in [-0.15, -0.1) is 11.3 Å². The highest BCUT2D eigenvalue weighted by atomic mass is 35.5. The number of methoxy groups -OCH3 is 1. The van der Waals surface area contributed by atoms with Crippen LogP contribution in [0.3, 0.4) is 0 Å². The predicted molar refractivity (Wildman–Crippen MR) is 85.6 cm³/mol. The molecule has 1 atom stereocenters. The fourth-order valence-corrected chi connectivity index (χ4v) is 5.07. The van der Waals surface area contributed by atoms with Gasteiger partial charge in [0.15, 0.2) is 11.5 Å². The largest absolute Gasteiger partial charge is 0.493 e. The number of hydrogen-bond acceptors (Lipinski definition) is 5. The van der Waals surface area contributed by atoms with Crippen LogP contribution in [0.5, 0.6) is 11.5 Å². The summed E-state index contributed by atoms with van der Waals surface area (Å²) in [5.74, 6) is 1.34. The molecule has 1 aliphatic rings. The number of nitrogens with one attached hydrogen (secondary N) is 1. The molecule has 3 rings (SSSR count). The second kappa shape index (κ2) is 6.08. The van der Waals surface area contributed by atoms with Gasteiger partial charge in [-0.2, -0.15) is 0 Å². The van der Waals surface area contributed by atoms with Crippen LogP contribution in [0.2, 0.25) is 4.34 Å². The first-order chi connectivity index (χ1) is 10.5. The monoisotopic (exact) mass is 359 g/mol. The van der Waals surface area contributed by atoms with E-state index in [1.165, 1.54) is 6.07 Å². The minimum absolute atomic E-state index is 0.203. The average Bonchev–Trinajstić information content (AvgIpc) is 2.93. The third kappa shape index (κ3) is 3.08. The Morgan fingerprint density at radius 3 is 2.86 bits per heavy atom. The van der Waals surface area contributed by atoms with Crippen molar-refractivity contribution in [3.8, 4) is 11.5 Å². The average molecular weight is 360 g/mol. The number of rotatable bonds is 4. The molecule has 1 aliphatic heterocycles. The van der Waals surface area contributed by atoms with E-state index in [9.17, 15) is 8.42 Å². The molecule has 0 saturated carbocycles. The molecule has 0 amide bonds. The molecule has 8 heteroatoms. The van der Waals surface area contributed by atoms with Gasteiger partial charge in [0.25, 0.3) is 0 Å². The van der Waals surface area contributed by atoms with Crippen molar-refractivity contribution < 1.29 is 17.9 Å². The van der Waals surface area contributed by atoms with E-state index in [4.69, 9.17) is 21.1 Å². The lowest BCUT2D eigenvalue weighted by Gasteiger charge is -2.26. The molecule has 118 valence electrons. The lowest BCUT2D eigenvalue weighted by atomic mass is 10.0. The van der Waals surface area contributed by atoms with Crippen molar-refractivity contribution in [2.24, 2.45) is 0 Å². The highest BCUT2D eigenvalue weighted by Crippen LogP contribution is 2.35. The van der Waals surface area contributed by atoms with Crippen molar-refractivity contribution in [3.63, 3.8) is 0 Å². The number of para-hydroxylation sites is 1. The highest BCUT2D eigenvalue weighted by Gasteiger charge is 2.27. The van der Waals surface area contributed by atoms with Gasteiger partial charge < -0.3 is 9.47 Å². The Morgan fingerprint density at radius 1 is 1.36 bits per heavy atom. The zero-order chi connectivity index (χ0) is 15.7. The van der Waals surface area contributed by atoms with Crippen molar-refractivity contribution in [2.75, 3.05) is 13.7 Å². The quantitative estimate of drug-likeness (QED) is 0.911. The van der Waals surface area contributed by atoms with E-state index in [1.54, 1.807) is 13.2 Å². The Bertz CT molecular complexity index is 788. The molecule has 0 bridgehead atoms. The number of hydrogen-bond donors (Lipinski definition) is 1. The van der Waals surface area contributed by atoms with E-state index in [0.717, 1.165) is 16.9 Å². The van der Waals surface area contributed by atoms with Crippen LogP contribution < -0.4 is 14.2 Å². The van der Waals surface area contributed by atoms with Crippen molar-refractivity contribution in [3.05, 3.63) is 40.2 Å². The molecule has 1 N–H and O–H groups in total. The summed E-state index contributed by atoms with van der Waals surface area (Å²) >= 11 is 6.83. The Labute approximate surface area is 137 Å². The van der Waals surface area contributed by atoms with Crippen LogP contribution in [0, 0.1) is 0 Å². The van der Waals surface area contributed by atoms with E-state index in [2.05, 4.69) is 4.72 Å². The zero-order valence-electron chi connectivity index (χ0n) is 11.7. The van der Waals surface area contributed by atoms with Gasteiger partial charge in [-0.25, -0.2) is 13.1 Å². The smallest absolute Gasteiger partial charge is 0.250 e. The number of fused-ring (bicyclic) bond motifs is 1. The topological polar surface area (TPSA) is 64.6 Å². The summed E-state index contributed by atoms with van der Waals surface area (Å²) in [5.41, 5.74) is 0.919. The summed E-state index contributed by atoms with van der Waals surface area (Å²) in [4.78, 5) is 0. The zero-order valence-corrected chi connectivity index (χ0v) is 14.1. The molecule has 0 radical (unpaired) electrons. The Kier molecular flexibility index (Phi) is 4.31. The molecule has 1 unspecified atom stereocenters. The maximum atomic E-state index is 12.3. The molecule has 0 aliphatic carbocycles. The Morgan fingerprint density at radius 2 is 2.18 bits per heavy atom. The van der Waals surface area contributed by atoms with Crippen LogP contribution in [0.25, 0.3) is 0 Å². The Hall–Kier alpha value is -1.28. The molecule has 5 nitrogen and oxygen atoms in total. The van der Waals surface area contributed by atoms with Gasteiger partial charge in [-0.05, 0) is 30.2 Å². The molecule has 0 fully saturated rings. The van der Waals surface area contributed by atoms with E-state index < -0.39 is 10.0 Å². The molecule has 22 heavy (non-hydrogen) atoms. The maximum Gasteiger partial charge on any atom is 0.250 e. The van der Waals surface area contributed by atoms with Crippen LogP contribution in [0.1, 0.15) is 5.56 Å². The van der Waals surface area contributed by atoms with E-state index in [-0.39, 0.29) is 16.9 Å². The van der Waals surface area contributed by atoms with Gasteiger partial charge in [0.2, 0.25) is 10.0 Å². The minimum atomic E-state index is -3.58. The number of thiophene rings is 1. The predicted octanol–water partition coefficient (Wildman–Crippen LogP) is 2.69. The van der Waals surface area contributed by atoms with E-state index in [1.807, 2.05) is 18.2 Å². The molecule has 2 heterocycles. The molecule has 0 saturated heterocycles. The van der Waals surface area contributed by atoms with E-state index >= 15 is 0 Å². The third-order valence-electron chi connectivity index (χ3n) is 3.31. The van der Waals surface area contributed by atoms with Crippen LogP contribution in [0.4, 0.5) is 0 Å². The van der Waals surface area contributed by atoms with Crippen LogP contribution in [-0.2, 0) is 16.4 Å². The van der Waals surface area contributed by atoms with Crippen LogP contribution >= 0.6 is 22.9 Å². The summed E-state index contributed by atoms with van der Waals surface area (Å²) in [6.45, 7) is 0.256. The molecular formula is C14H14ClNO4S2. The number of benzene rings is 1. The third-order valence-corrected chi connectivity index (χ3v) is 6.55. The molecule has 0 spiro atoms. The minimum Gasteiger partial charge on any atom is -0.493 e.